The number of halogens is 2. The highest BCUT2D eigenvalue weighted by Crippen LogP contribution is 2.33. The second-order valence-electron chi connectivity index (χ2n) is 6.51. The number of benzene rings is 2. The van der Waals surface area contributed by atoms with Gasteiger partial charge in [-0.1, -0.05) is 28.1 Å². The van der Waals surface area contributed by atoms with E-state index in [2.05, 4.69) is 54.2 Å². The molecule has 0 aliphatic carbocycles. The Morgan fingerprint density at radius 1 is 1.19 bits per heavy atom. The first-order valence-corrected chi connectivity index (χ1v) is 10.5. The number of rotatable bonds is 6. The Labute approximate surface area is 176 Å². The topological polar surface area (TPSA) is 41.6 Å². The van der Waals surface area contributed by atoms with Crippen molar-refractivity contribution in [2.75, 3.05) is 25.5 Å². The summed E-state index contributed by atoms with van der Waals surface area (Å²) in [4.78, 5) is 14.7. The molecule has 4 nitrogen and oxygen atoms in total. The number of carbonyl (C=O) groups is 1. The van der Waals surface area contributed by atoms with Gasteiger partial charge >= 0.3 is 0 Å². The summed E-state index contributed by atoms with van der Waals surface area (Å²) in [6.45, 7) is 3.34. The van der Waals surface area contributed by atoms with Crippen LogP contribution in [0.5, 0.6) is 5.75 Å². The van der Waals surface area contributed by atoms with E-state index in [-0.39, 0.29) is 5.91 Å². The molecule has 1 fully saturated rings. The molecule has 0 bridgehead atoms. The van der Waals surface area contributed by atoms with Gasteiger partial charge in [-0.25, -0.2) is 0 Å². The highest BCUT2D eigenvalue weighted by Gasteiger charge is 2.11. The number of methoxy groups -OCH3 is 1. The Morgan fingerprint density at radius 2 is 1.89 bits per heavy atom. The van der Waals surface area contributed by atoms with E-state index in [1.165, 1.54) is 37.6 Å². The van der Waals surface area contributed by atoms with Crippen molar-refractivity contribution < 1.29 is 9.53 Å². The van der Waals surface area contributed by atoms with Crippen molar-refractivity contribution in [3.63, 3.8) is 0 Å². The van der Waals surface area contributed by atoms with Gasteiger partial charge in [0.1, 0.15) is 5.75 Å². The van der Waals surface area contributed by atoms with Crippen LogP contribution in [-0.2, 0) is 11.3 Å². The molecular formula is C21H22Br2N2O2. The van der Waals surface area contributed by atoms with Gasteiger partial charge in [-0.05, 0) is 77.8 Å². The molecule has 142 valence electrons. The van der Waals surface area contributed by atoms with Gasteiger partial charge in [-0.2, -0.15) is 0 Å². The molecule has 6 heteroatoms. The minimum Gasteiger partial charge on any atom is -0.495 e. The van der Waals surface area contributed by atoms with Crippen molar-refractivity contribution >= 4 is 49.5 Å². The van der Waals surface area contributed by atoms with Gasteiger partial charge in [-0.15, -0.1) is 0 Å². The fraction of sp³-hybridized carbons (Fsp3) is 0.286. The second-order valence-corrected chi connectivity index (χ2v) is 8.28. The number of nitrogens with zero attached hydrogens (tertiary/aromatic N) is 1. The first-order chi connectivity index (χ1) is 13.0. The number of anilines is 1. The molecule has 1 amide bonds. The van der Waals surface area contributed by atoms with E-state index in [0.717, 1.165) is 26.7 Å². The molecule has 1 saturated heterocycles. The fourth-order valence-electron chi connectivity index (χ4n) is 3.16. The van der Waals surface area contributed by atoms with Gasteiger partial charge in [0.15, 0.2) is 0 Å². The number of nitrogens with one attached hydrogen (secondary N) is 1. The van der Waals surface area contributed by atoms with Crippen LogP contribution in [0.2, 0.25) is 0 Å². The third-order valence-corrected chi connectivity index (χ3v) is 5.53. The summed E-state index contributed by atoms with van der Waals surface area (Å²) in [5.41, 5.74) is 2.88. The Hall–Kier alpha value is -1.63. The Morgan fingerprint density at radius 3 is 2.56 bits per heavy atom. The zero-order chi connectivity index (χ0) is 19.2. The first kappa shape index (κ1) is 20.1. The van der Waals surface area contributed by atoms with Crippen LogP contribution in [0.4, 0.5) is 5.69 Å². The van der Waals surface area contributed by atoms with Crippen LogP contribution in [0.25, 0.3) is 6.08 Å². The molecule has 0 unspecified atom stereocenters. The Balaban J connectivity index is 1.61. The van der Waals surface area contributed by atoms with Crippen LogP contribution in [0.1, 0.15) is 24.0 Å². The van der Waals surface area contributed by atoms with Crippen LogP contribution < -0.4 is 10.1 Å². The van der Waals surface area contributed by atoms with Crippen LogP contribution in [0, 0.1) is 0 Å². The monoisotopic (exact) mass is 492 g/mol. The summed E-state index contributed by atoms with van der Waals surface area (Å²) < 4.78 is 7.13. The van der Waals surface area contributed by atoms with Crippen molar-refractivity contribution in [2.45, 2.75) is 19.4 Å². The zero-order valence-electron chi connectivity index (χ0n) is 15.2. The van der Waals surface area contributed by atoms with E-state index >= 15 is 0 Å². The lowest BCUT2D eigenvalue weighted by atomic mass is 10.1. The summed E-state index contributed by atoms with van der Waals surface area (Å²) in [7, 11) is 1.61. The molecule has 0 radical (unpaired) electrons. The highest BCUT2D eigenvalue weighted by atomic mass is 79.9. The molecule has 0 atom stereocenters. The fourth-order valence-corrected chi connectivity index (χ4v) is 4.58. The van der Waals surface area contributed by atoms with E-state index in [1.807, 2.05) is 24.3 Å². The summed E-state index contributed by atoms with van der Waals surface area (Å²) in [6.07, 6.45) is 5.83. The average Bonchev–Trinajstić information content (AvgIpc) is 3.14. The predicted molar refractivity (Wildman–Crippen MR) is 117 cm³/mol. The lowest BCUT2D eigenvalue weighted by Crippen LogP contribution is -2.18. The summed E-state index contributed by atoms with van der Waals surface area (Å²) in [5.74, 6) is 0.508. The quantitative estimate of drug-likeness (QED) is 0.542. The second kappa shape index (κ2) is 9.53. The van der Waals surface area contributed by atoms with E-state index in [1.54, 1.807) is 13.2 Å². The number of likely N-dealkylation sites (tertiary alicyclic amines) is 1. The van der Waals surface area contributed by atoms with Gasteiger partial charge in [0.05, 0.1) is 11.6 Å². The molecule has 3 rings (SSSR count). The van der Waals surface area contributed by atoms with E-state index in [4.69, 9.17) is 4.74 Å². The smallest absolute Gasteiger partial charge is 0.248 e. The van der Waals surface area contributed by atoms with Crippen molar-refractivity contribution in [3.8, 4) is 5.75 Å². The molecule has 1 aliphatic heterocycles. The minimum absolute atomic E-state index is 0.180. The van der Waals surface area contributed by atoms with Gasteiger partial charge in [0.25, 0.3) is 0 Å². The third kappa shape index (κ3) is 5.67. The number of carbonyl (C=O) groups excluding carboxylic acids is 1. The van der Waals surface area contributed by atoms with E-state index < -0.39 is 0 Å². The normalized spacial score (nSPS) is 14.6. The van der Waals surface area contributed by atoms with Gasteiger partial charge < -0.3 is 10.1 Å². The maximum absolute atomic E-state index is 12.2. The van der Waals surface area contributed by atoms with E-state index in [9.17, 15) is 4.79 Å². The number of hydrogen-bond acceptors (Lipinski definition) is 3. The van der Waals surface area contributed by atoms with Crippen molar-refractivity contribution in [2.24, 2.45) is 0 Å². The van der Waals surface area contributed by atoms with E-state index in [0.29, 0.717) is 5.75 Å². The number of hydrogen-bond donors (Lipinski definition) is 1. The summed E-state index contributed by atoms with van der Waals surface area (Å²) in [6, 6.07) is 11.9. The van der Waals surface area contributed by atoms with Crippen LogP contribution in [0.15, 0.2) is 51.4 Å². The highest BCUT2D eigenvalue weighted by molar-refractivity contribution is 9.11. The van der Waals surface area contributed by atoms with Crippen molar-refractivity contribution in [1.29, 1.82) is 0 Å². The maximum atomic E-state index is 12.2. The van der Waals surface area contributed by atoms with Gasteiger partial charge in [0.2, 0.25) is 5.91 Å². The van der Waals surface area contributed by atoms with Crippen LogP contribution >= 0.6 is 31.9 Å². The van der Waals surface area contributed by atoms with Gasteiger partial charge in [0, 0.05) is 28.3 Å². The molecule has 1 N–H and O–H groups in total. The lowest BCUT2D eigenvalue weighted by Gasteiger charge is -2.14. The SMILES string of the molecule is COc1c(Br)cc(Br)cc1C=CC(=O)Nc1ccc(CN2CCCC2)cc1. The molecule has 2 aromatic rings. The molecular weight excluding hydrogens is 472 g/mol. The summed E-state index contributed by atoms with van der Waals surface area (Å²) in [5, 5.41) is 2.90. The van der Waals surface area contributed by atoms with Crippen LogP contribution in [0.3, 0.4) is 0 Å². The van der Waals surface area contributed by atoms with Crippen molar-refractivity contribution in [3.05, 3.63) is 62.5 Å². The minimum atomic E-state index is -0.180. The molecule has 2 aromatic carbocycles. The number of ether oxygens (including phenoxy) is 1. The number of amides is 1. The standard InChI is InChI=1S/C21H22Br2N2O2/c1-27-21-16(12-17(22)13-19(21)23)6-9-20(26)24-18-7-4-15(5-8-18)14-25-10-2-3-11-25/h4-9,12-13H,2-3,10-11,14H2,1H3,(H,24,26). The Bertz CT molecular complexity index is 829. The maximum Gasteiger partial charge on any atom is 0.248 e. The predicted octanol–water partition coefficient (Wildman–Crippen LogP) is 5.47. The third-order valence-electron chi connectivity index (χ3n) is 4.48. The average molecular weight is 494 g/mol. The molecule has 0 spiro atoms. The zero-order valence-corrected chi connectivity index (χ0v) is 18.3. The summed E-state index contributed by atoms with van der Waals surface area (Å²) >= 11 is 6.92. The lowest BCUT2D eigenvalue weighted by molar-refractivity contribution is -0.111. The van der Waals surface area contributed by atoms with Gasteiger partial charge in [-0.3, -0.25) is 9.69 Å². The Kier molecular flexibility index (Phi) is 7.10. The van der Waals surface area contributed by atoms with Crippen LogP contribution in [-0.4, -0.2) is 31.0 Å². The molecule has 27 heavy (non-hydrogen) atoms. The molecule has 1 heterocycles. The molecule has 0 saturated carbocycles. The molecule has 0 aromatic heterocycles. The largest absolute Gasteiger partial charge is 0.495 e. The first-order valence-electron chi connectivity index (χ1n) is 8.88. The molecule has 1 aliphatic rings. The van der Waals surface area contributed by atoms with Crippen molar-refractivity contribution in [1.82, 2.24) is 4.90 Å².